The van der Waals surface area contributed by atoms with Gasteiger partial charge in [-0.15, -0.1) is 5.10 Å². The molecule has 0 spiro atoms. The number of anilines is 1. The fourth-order valence-corrected chi connectivity index (χ4v) is 1.45. The molecule has 1 N–H and O–H groups in total. The Morgan fingerprint density at radius 1 is 1.44 bits per heavy atom. The van der Waals surface area contributed by atoms with E-state index in [1.807, 2.05) is 0 Å². The van der Waals surface area contributed by atoms with Crippen molar-refractivity contribution in [1.82, 2.24) is 15.0 Å². The summed E-state index contributed by atoms with van der Waals surface area (Å²) in [6.07, 6.45) is 1.47. The SMILES string of the molecule is Cn1ncc(NC(=O)c2ccccc2Cl)n1. The highest BCUT2D eigenvalue weighted by molar-refractivity contribution is 6.34. The molecule has 82 valence electrons. The van der Waals surface area contributed by atoms with Crippen LogP contribution in [0.4, 0.5) is 5.82 Å². The molecular formula is C10H9ClN4O. The zero-order valence-electron chi connectivity index (χ0n) is 8.51. The van der Waals surface area contributed by atoms with E-state index in [0.29, 0.717) is 16.4 Å². The molecule has 2 rings (SSSR count). The van der Waals surface area contributed by atoms with Gasteiger partial charge in [-0.1, -0.05) is 23.7 Å². The predicted molar refractivity (Wildman–Crippen MR) is 60.4 cm³/mol. The quantitative estimate of drug-likeness (QED) is 0.864. The number of hydrogen-bond donors (Lipinski definition) is 1. The summed E-state index contributed by atoms with van der Waals surface area (Å²) in [4.78, 5) is 13.1. The van der Waals surface area contributed by atoms with Crippen molar-refractivity contribution in [2.45, 2.75) is 0 Å². The summed E-state index contributed by atoms with van der Waals surface area (Å²) >= 11 is 5.89. The number of nitrogens with zero attached hydrogens (tertiary/aromatic N) is 3. The smallest absolute Gasteiger partial charge is 0.258 e. The molecule has 1 aromatic heterocycles. The lowest BCUT2D eigenvalue weighted by atomic mass is 10.2. The summed E-state index contributed by atoms with van der Waals surface area (Å²) in [7, 11) is 1.67. The molecule has 0 saturated carbocycles. The minimum atomic E-state index is -0.300. The molecule has 0 aliphatic rings. The van der Waals surface area contributed by atoms with E-state index < -0.39 is 0 Å². The highest BCUT2D eigenvalue weighted by Crippen LogP contribution is 2.15. The number of aromatic nitrogens is 3. The fraction of sp³-hybridized carbons (Fsp3) is 0.100. The Labute approximate surface area is 97.0 Å². The first kappa shape index (κ1) is 10.6. The summed E-state index contributed by atoms with van der Waals surface area (Å²) in [5.41, 5.74) is 0.412. The van der Waals surface area contributed by atoms with Gasteiger partial charge in [0.2, 0.25) is 0 Å². The maximum Gasteiger partial charge on any atom is 0.258 e. The van der Waals surface area contributed by atoms with Gasteiger partial charge in [0.25, 0.3) is 5.91 Å². The molecule has 0 aliphatic carbocycles. The van der Waals surface area contributed by atoms with Crippen LogP contribution in [0.1, 0.15) is 10.4 Å². The maximum atomic E-state index is 11.8. The Kier molecular flexibility index (Phi) is 2.87. The third kappa shape index (κ3) is 2.20. The molecule has 5 nitrogen and oxygen atoms in total. The molecule has 0 radical (unpaired) electrons. The number of aryl methyl sites for hydroxylation is 1. The van der Waals surface area contributed by atoms with Crippen molar-refractivity contribution in [2.24, 2.45) is 7.05 Å². The maximum absolute atomic E-state index is 11.8. The molecule has 0 aliphatic heterocycles. The Morgan fingerprint density at radius 2 is 2.19 bits per heavy atom. The summed E-state index contributed by atoms with van der Waals surface area (Å²) in [6, 6.07) is 6.82. The first-order valence-electron chi connectivity index (χ1n) is 4.59. The van der Waals surface area contributed by atoms with E-state index in [1.165, 1.54) is 11.0 Å². The highest BCUT2D eigenvalue weighted by Gasteiger charge is 2.10. The van der Waals surface area contributed by atoms with Gasteiger partial charge in [-0.25, -0.2) is 0 Å². The highest BCUT2D eigenvalue weighted by atomic mass is 35.5. The van der Waals surface area contributed by atoms with Crippen LogP contribution >= 0.6 is 11.6 Å². The molecule has 6 heteroatoms. The van der Waals surface area contributed by atoms with Crippen LogP contribution in [-0.2, 0) is 7.05 Å². The van der Waals surface area contributed by atoms with Gasteiger partial charge in [-0.05, 0) is 12.1 Å². The third-order valence-corrected chi connectivity index (χ3v) is 2.29. The van der Waals surface area contributed by atoms with Crippen molar-refractivity contribution in [3.63, 3.8) is 0 Å². The Morgan fingerprint density at radius 3 is 2.81 bits per heavy atom. The monoisotopic (exact) mass is 236 g/mol. The second-order valence-corrected chi connectivity index (χ2v) is 3.56. The number of carbonyl (C=O) groups is 1. The number of amides is 1. The van der Waals surface area contributed by atoms with Crippen molar-refractivity contribution in [3.8, 4) is 0 Å². The van der Waals surface area contributed by atoms with Crippen LogP contribution in [0, 0.1) is 0 Å². The van der Waals surface area contributed by atoms with Crippen LogP contribution in [0.25, 0.3) is 0 Å². The van der Waals surface area contributed by atoms with Gasteiger partial charge in [0.05, 0.1) is 16.8 Å². The molecule has 1 aromatic carbocycles. The Balaban J connectivity index is 2.18. The summed E-state index contributed by atoms with van der Waals surface area (Å²) in [6.45, 7) is 0. The second-order valence-electron chi connectivity index (χ2n) is 3.15. The number of halogens is 1. The van der Waals surface area contributed by atoms with Crippen LogP contribution in [0.3, 0.4) is 0 Å². The Hall–Kier alpha value is -1.88. The molecule has 1 amide bonds. The van der Waals surface area contributed by atoms with Gasteiger partial charge in [0.15, 0.2) is 5.82 Å². The van der Waals surface area contributed by atoms with E-state index in [9.17, 15) is 4.79 Å². The number of nitrogens with one attached hydrogen (secondary N) is 1. The number of hydrogen-bond acceptors (Lipinski definition) is 3. The van der Waals surface area contributed by atoms with E-state index in [4.69, 9.17) is 11.6 Å². The van der Waals surface area contributed by atoms with Crippen molar-refractivity contribution < 1.29 is 4.79 Å². The normalized spacial score (nSPS) is 10.1. The van der Waals surface area contributed by atoms with Crippen LogP contribution in [0.15, 0.2) is 30.5 Å². The summed E-state index contributed by atoms with van der Waals surface area (Å²) in [5, 5.41) is 10.8. The van der Waals surface area contributed by atoms with E-state index in [-0.39, 0.29) is 5.91 Å². The third-order valence-electron chi connectivity index (χ3n) is 1.96. The molecule has 16 heavy (non-hydrogen) atoms. The van der Waals surface area contributed by atoms with Gasteiger partial charge in [-0.2, -0.15) is 9.90 Å². The average Bonchev–Trinajstić information content (AvgIpc) is 2.64. The second kappa shape index (κ2) is 4.32. The zero-order chi connectivity index (χ0) is 11.5. The van der Waals surface area contributed by atoms with E-state index >= 15 is 0 Å². The van der Waals surface area contributed by atoms with Crippen LogP contribution in [0.2, 0.25) is 5.02 Å². The van der Waals surface area contributed by atoms with Crippen LogP contribution < -0.4 is 5.32 Å². The lowest BCUT2D eigenvalue weighted by Crippen LogP contribution is -2.12. The molecule has 2 aromatic rings. The fourth-order valence-electron chi connectivity index (χ4n) is 1.23. The molecule has 1 heterocycles. The Bertz CT molecular complexity index is 523. The largest absolute Gasteiger partial charge is 0.304 e. The van der Waals surface area contributed by atoms with Crippen molar-refractivity contribution in [2.75, 3.05) is 5.32 Å². The first-order chi connectivity index (χ1) is 7.66. The minimum Gasteiger partial charge on any atom is -0.304 e. The minimum absolute atomic E-state index is 0.300. The van der Waals surface area contributed by atoms with Gasteiger partial charge in [0, 0.05) is 7.05 Å². The predicted octanol–water partition coefficient (Wildman–Crippen LogP) is 1.72. The molecule has 0 saturated heterocycles. The standard InChI is InChI=1S/C10H9ClN4O/c1-15-12-6-9(14-15)13-10(16)7-4-2-3-5-8(7)11/h2-6H,1H3,(H,13,14,16). The van der Waals surface area contributed by atoms with E-state index in [1.54, 1.807) is 31.3 Å². The lowest BCUT2D eigenvalue weighted by Gasteiger charge is -2.02. The molecule has 0 bridgehead atoms. The van der Waals surface area contributed by atoms with E-state index in [0.717, 1.165) is 0 Å². The van der Waals surface area contributed by atoms with Crippen molar-refractivity contribution in [1.29, 1.82) is 0 Å². The van der Waals surface area contributed by atoms with E-state index in [2.05, 4.69) is 15.5 Å². The molecule has 0 unspecified atom stereocenters. The van der Waals surface area contributed by atoms with Crippen LogP contribution in [0.5, 0.6) is 0 Å². The molecule has 0 atom stereocenters. The first-order valence-corrected chi connectivity index (χ1v) is 4.97. The number of benzene rings is 1. The van der Waals surface area contributed by atoms with Gasteiger partial charge >= 0.3 is 0 Å². The number of carbonyl (C=O) groups excluding carboxylic acids is 1. The number of rotatable bonds is 2. The van der Waals surface area contributed by atoms with Crippen LogP contribution in [-0.4, -0.2) is 20.9 Å². The van der Waals surface area contributed by atoms with Crippen molar-refractivity contribution in [3.05, 3.63) is 41.0 Å². The molecule has 0 fully saturated rings. The van der Waals surface area contributed by atoms with Crippen molar-refractivity contribution >= 4 is 23.3 Å². The topological polar surface area (TPSA) is 59.8 Å². The summed E-state index contributed by atoms with van der Waals surface area (Å²) < 4.78 is 0. The zero-order valence-corrected chi connectivity index (χ0v) is 9.27. The lowest BCUT2D eigenvalue weighted by molar-refractivity contribution is 0.102. The molecular weight excluding hydrogens is 228 g/mol. The average molecular weight is 237 g/mol. The van der Waals surface area contributed by atoms with Gasteiger partial charge in [-0.3, -0.25) is 4.79 Å². The van der Waals surface area contributed by atoms with Gasteiger partial charge < -0.3 is 5.32 Å². The summed E-state index contributed by atoms with van der Waals surface area (Å²) in [5.74, 6) is 0.0959. The van der Waals surface area contributed by atoms with Gasteiger partial charge in [0.1, 0.15) is 0 Å².